The average molecular weight is 279 g/mol. The van der Waals surface area contributed by atoms with E-state index in [9.17, 15) is 13.5 Å². The summed E-state index contributed by atoms with van der Waals surface area (Å²) in [6, 6.07) is 4.44. The van der Waals surface area contributed by atoms with E-state index >= 15 is 0 Å². The molecule has 0 spiro atoms. The Kier molecular flexibility index (Phi) is 4.62. The van der Waals surface area contributed by atoms with E-state index in [1.807, 2.05) is 13.8 Å². The van der Waals surface area contributed by atoms with E-state index in [0.717, 1.165) is 0 Å². The summed E-state index contributed by atoms with van der Waals surface area (Å²) in [4.78, 5) is 0. The standard InChI is InChI=1S/C10H15ClN2O3S/c1-7(2)6-12-17(15,16)13-9-5-3-4-8(11)10(9)14/h3-5,7,12-14H,6H2,1-2H3. The fraction of sp³-hybridized carbons (Fsp3) is 0.400. The molecule has 0 aromatic heterocycles. The van der Waals surface area contributed by atoms with Crippen molar-refractivity contribution in [1.29, 1.82) is 0 Å². The molecule has 0 aliphatic rings. The van der Waals surface area contributed by atoms with Crippen molar-refractivity contribution in [3.63, 3.8) is 0 Å². The van der Waals surface area contributed by atoms with Gasteiger partial charge in [-0.3, -0.25) is 4.72 Å². The van der Waals surface area contributed by atoms with E-state index < -0.39 is 10.2 Å². The lowest BCUT2D eigenvalue weighted by atomic mass is 10.2. The summed E-state index contributed by atoms with van der Waals surface area (Å²) in [6.45, 7) is 4.09. The molecule has 5 nitrogen and oxygen atoms in total. The Morgan fingerprint density at radius 1 is 1.41 bits per heavy atom. The number of nitrogens with one attached hydrogen (secondary N) is 2. The van der Waals surface area contributed by atoms with Crippen molar-refractivity contribution >= 4 is 27.5 Å². The molecule has 0 saturated heterocycles. The van der Waals surface area contributed by atoms with Crippen LogP contribution in [0.15, 0.2) is 18.2 Å². The zero-order valence-electron chi connectivity index (χ0n) is 9.57. The molecule has 7 heteroatoms. The SMILES string of the molecule is CC(C)CNS(=O)(=O)Nc1cccc(Cl)c1O. The summed E-state index contributed by atoms with van der Waals surface area (Å²) in [7, 11) is -3.69. The summed E-state index contributed by atoms with van der Waals surface area (Å²) < 4.78 is 27.8. The van der Waals surface area contributed by atoms with Crippen molar-refractivity contribution in [2.24, 2.45) is 5.92 Å². The van der Waals surface area contributed by atoms with Gasteiger partial charge in [0.25, 0.3) is 10.2 Å². The highest BCUT2D eigenvalue weighted by Gasteiger charge is 2.13. The second kappa shape index (κ2) is 5.57. The molecule has 1 rings (SSSR count). The van der Waals surface area contributed by atoms with Gasteiger partial charge in [0, 0.05) is 6.54 Å². The molecule has 0 heterocycles. The topological polar surface area (TPSA) is 78.4 Å². The largest absolute Gasteiger partial charge is 0.504 e. The van der Waals surface area contributed by atoms with Crippen LogP contribution in [0.1, 0.15) is 13.8 Å². The number of halogens is 1. The van der Waals surface area contributed by atoms with Crippen LogP contribution in [0.2, 0.25) is 5.02 Å². The summed E-state index contributed by atoms with van der Waals surface area (Å²) in [5.74, 6) is -0.0939. The molecule has 0 saturated carbocycles. The zero-order chi connectivity index (χ0) is 13.1. The van der Waals surface area contributed by atoms with Gasteiger partial charge in [-0.05, 0) is 18.1 Å². The molecule has 0 amide bonds. The maximum Gasteiger partial charge on any atom is 0.299 e. The minimum Gasteiger partial charge on any atom is -0.504 e. The van der Waals surface area contributed by atoms with Gasteiger partial charge in [-0.2, -0.15) is 13.1 Å². The number of phenols is 1. The minimum absolute atomic E-state index is 0.0498. The van der Waals surface area contributed by atoms with Gasteiger partial charge in [-0.1, -0.05) is 31.5 Å². The van der Waals surface area contributed by atoms with Gasteiger partial charge in [0.15, 0.2) is 5.75 Å². The molecular weight excluding hydrogens is 264 g/mol. The lowest BCUT2D eigenvalue weighted by molar-refractivity contribution is 0.478. The van der Waals surface area contributed by atoms with Crippen LogP contribution >= 0.6 is 11.6 Å². The Balaban J connectivity index is 2.80. The van der Waals surface area contributed by atoms with Gasteiger partial charge in [-0.15, -0.1) is 0 Å². The molecule has 0 unspecified atom stereocenters. The first kappa shape index (κ1) is 14.1. The van der Waals surface area contributed by atoms with Crippen LogP contribution in [-0.4, -0.2) is 20.1 Å². The smallest absolute Gasteiger partial charge is 0.299 e. The van der Waals surface area contributed by atoms with Crippen molar-refractivity contribution in [2.75, 3.05) is 11.3 Å². The first-order chi connectivity index (χ1) is 7.82. The van der Waals surface area contributed by atoms with Gasteiger partial charge in [0.2, 0.25) is 0 Å². The van der Waals surface area contributed by atoms with E-state index in [1.54, 1.807) is 6.07 Å². The van der Waals surface area contributed by atoms with Crippen molar-refractivity contribution in [3.8, 4) is 5.75 Å². The number of aromatic hydroxyl groups is 1. The van der Waals surface area contributed by atoms with Crippen LogP contribution in [0.25, 0.3) is 0 Å². The van der Waals surface area contributed by atoms with Crippen LogP contribution in [0.4, 0.5) is 5.69 Å². The summed E-state index contributed by atoms with van der Waals surface area (Å²) in [5, 5.41) is 9.64. The number of para-hydroxylation sites is 1. The van der Waals surface area contributed by atoms with Crippen molar-refractivity contribution in [3.05, 3.63) is 23.2 Å². The normalized spacial score (nSPS) is 11.8. The molecule has 1 aromatic carbocycles. The van der Waals surface area contributed by atoms with Gasteiger partial charge in [-0.25, -0.2) is 0 Å². The molecule has 0 fully saturated rings. The predicted molar refractivity (Wildman–Crippen MR) is 68.5 cm³/mol. The number of hydrogen-bond acceptors (Lipinski definition) is 3. The number of rotatable bonds is 5. The molecule has 0 aliphatic carbocycles. The Bertz CT molecular complexity index is 488. The van der Waals surface area contributed by atoms with Crippen molar-refractivity contribution in [1.82, 2.24) is 4.72 Å². The number of phenolic OH excluding ortho intramolecular Hbond substituents is 1. The van der Waals surface area contributed by atoms with Crippen molar-refractivity contribution < 1.29 is 13.5 Å². The third-order valence-electron chi connectivity index (χ3n) is 1.91. The molecule has 3 N–H and O–H groups in total. The van der Waals surface area contributed by atoms with Crippen LogP contribution in [0.3, 0.4) is 0 Å². The highest BCUT2D eigenvalue weighted by molar-refractivity contribution is 7.90. The highest BCUT2D eigenvalue weighted by atomic mass is 35.5. The monoisotopic (exact) mass is 278 g/mol. The fourth-order valence-corrected chi connectivity index (χ4v) is 2.31. The van der Waals surface area contributed by atoms with Crippen LogP contribution in [0, 0.1) is 5.92 Å². The Hall–Kier alpha value is -0.980. The van der Waals surface area contributed by atoms with E-state index in [0.29, 0.717) is 6.54 Å². The maximum absolute atomic E-state index is 11.6. The van der Waals surface area contributed by atoms with E-state index in [1.165, 1.54) is 12.1 Å². The van der Waals surface area contributed by atoms with Crippen LogP contribution in [-0.2, 0) is 10.2 Å². The van der Waals surface area contributed by atoms with Gasteiger partial charge < -0.3 is 5.11 Å². The number of hydrogen-bond donors (Lipinski definition) is 3. The second-order valence-electron chi connectivity index (χ2n) is 3.98. The highest BCUT2D eigenvalue weighted by Crippen LogP contribution is 2.31. The molecule has 0 aliphatic heterocycles. The molecule has 0 bridgehead atoms. The summed E-state index contributed by atoms with van der Waals surface area (Å²) >= 11 is 5.66. The molecule has 0 atom stereocenters. The van der Waals surface area contributed by atoms with Gasteiger partial charge in [0.05, 0.1) is 10.7 Å². The van der Waals surface area contributed by atoms with Crippen molar-refractivity contribution in [2.45, 2.75) is 13.8 Å². The maximum atomic E-state index is 11.6. The fourth-order valence-electron chi connectivity index (χ4n) is 1.05. The Morgan fingerprint density at radius 3 is 2.65 bits per heavy atom. The number of benzene rings is 1. The van der Waals surface area contributed by atoms with E-state index in [2.05, 4.69) is 9.44 Å². The quantitative estimate of drug-likeness (QED) is 0.720. The number of anilines is 1. The molecular formula is C10H15ClN2O3S. The summed E-state index contributed by atoms with van der Waals surface area (Å²) in [6.07, 6.45) is 0. The molecule has 17 heavy (non-hydrogen) atoms. The van der Waals surface area contributed by atoms with E-state index in [-0.39, 0.29) is 22.4 Å². The second-order valence-corrected chi connectivity index (χ2v) is 5.89. The van der Waals surface area contributed by atoms with Crippen LogP contribution in [0.5, 0.6) is 5.75 Å². The third kappa shape index (κ3) is 4.41. The first-order valence-electron chi connectivity index (χ1n) is 5.06. The molecule has 96 valence electrons. The average Bonchev–Trinajstić information content (AvgIpc) is 2.22. The van der Waals surface area contributed by atoms with Crippen LogP contribution < -0.4 is 9.44 Å². The van der Waals surface area contributed by atoms with Gasteiger partial charge >= 0.3 is 0 Å². The Morgan fingerprint density at radius 2 is 2.06 bits per heavy atom. The predicted octanol–water partition coefficient (Wildman–Crippen LogP) is 1.95. The first-order valence-corrected chi connectivity index (χ1v) is 6.93. The van der Waals surface area contributed by atoms with Gasteiger partial charge in [0.1, 0.15) is 0 Å². The third-order valence-corrected chi connectivity index (χ3v) is 3.25. The zero-order valence-corrected chi connectivity index (χ0v) is 11.1. The molecule has 0 radical (unpaired) electrons. The lowest BCUT2D eigenvalue weighted by Crippen LogP contribution is -2.32. The summed E-state index contributed by atoms with van der Waals surface area (Å²) in [5.41, 5.74) is 0.0498. The molecule has 1 aromatic rings. The van der Waals surface area contributed by atoms with E-state index in [4.69, 9.17) is 11.6 Å². The lowest BCUT2D eigenvalue weighted by Gasteiger charge is -2.12. The minimum atomic E-state index is -3.69. The Labute approximate surface area is 106 Å².